The van der Waals surface area contributed by atoms with E-state index >= 15 is 0 Å². The summed E-state index contributed by atoms with van der Waals surface area (Å²) in [7, 11) is 0. The minimum atomic E-state index is -0.641. The van der Waals surface area contributed by atoms with Crippen LogP contribution in [0.2, 0.25) is 0 Å². The lowest BCUT2D eigenvalue weighted by Gasteiger charge is -2.34. The summed E-state index contributed by atoms with van der Waals surface area (Å²) in [5.74, 6) is -0.106. The Balaban J connectivity index is 1.52. The van der Waals surface area contributed by atoms with Gasteiger partial charge in [0.15, 0.2) is 11.6 Å². The van der Waals surface area contributed by atoms with Crippen LogP contribution in [-0.2, 0) is 4.79 Å². The topological polar surface area (TPSA) is 74.0 Å². The molecule has 1 aromatic rings. The highest BCUT2D eigenvalue weighted by atomic mass is 19.1. The van der Waals surface area contributed by atoms with Crippen LogP contribution in [0.4, 0.5) is 4.39 Å². The zero-order valence-corrected chi connectivity index (χ0v) is 21.5. The average molecular weight is 492 g/mol. The van der Waals surface area contributed by atoms with Crippen molar-refractivity contribution in [1.29, 1.82) is 0 Å². The van der Waals surface area contributed by atoms with Crippen LogP contribution in [0, 0.1) is 23.7 Å². The number of allylic oxidation sites excluding steroid dienone is 3. The van der Waals surface area contributed by atoms with Gasteiger partial charge in [0.05, 0.1) is 24.1 Å². The molecule has 5 nitrogen and oxygen atoms in total. The minimum Gasteiger partial charge on any atom is -0.387 e. The molecule has 0 amide bonds. The summed E-state index contributed by atoms with van der Waals surface area (Å²) in [6.45, 7) is 10.1. The predicted octanol–water partition coefficient (Wildman–Crippen LogP) is 5.63. The number of nitrogens with one attached hydrogen (secondary N) is 1. The first-order chi connectivity index (χ1) is 17.3. The normalized spacial score (nSPS) is 31.9. The summed E-state index contributed by atoms with van der Waals surface area (Å²) < 4.78 is 14.9. The molecule has 2 aliphatic carbocycles. The van der Waals surface area contributed by atoms with E-state index in [0.29, 0.717) is 24.3 Å². The second kappa shape index (κ2) is 11.6. The van der Waals surface area contributed by atoms with Gasteiger partial charge in [-0.25, -0.2) is 4.39 Å². The van der Waals surface area contributed by atoms with Crippen molar-refractivity contribution in [1.82, 2.24) is 5.32 Å². The number of ketones is 1. The number of aliphatic imine (C=N–C) groups is 2. The first-order valence-electron chi connectivity index (χ1n) is 13.1. The lowest BCUT2D eigenvalue weighted by atomic mass is 9.78. The van der Waals surface area contributed by atoms with E-state index in [-0.39, 0.29) is 41.5 Å². The van der Waals surface area contributed by atoms with Crippen LogP contribution >= 0.6 is 0 Å². The molecule has 2 N–H and O–H groups in total. The van der Waals surface area contributed by atoms with E-state index in [2.05, 4.69) is 23.8 Å². The van der Waals surface area contributed by atoms with Gasteiger partial charge in [0, 0.05) is 24.7 Å². The third kappa shape index (κ3) is 5.81. The maximum atomic E-state index is 14.9. The molecule has 7 unspecified atom stereocenters. The van der Waals surface area contributed by atoms with Crippen LogP contribution < -0.4 is 5.32 Å². The van der Waals surface area contributed by atoms with E-state index in [9.17, 15) is 14.3 Å². The largest absolute Gasteiger partial charge is 0.387 e. The van der Waals surface area contributed by atoms with Crippen molar-refractivity contribution in [3.8, 4) is 0 Å². The number of hydrogen-bond acceptors (Lipinski definition) is 5. The van der Waals surface area contributed by atoms with Crippen molar-refractivity contribution >= 4 is 23.8 Å². The second-order valence-electron chi connectivity index (χ2n) is 10.6. The van der Waals surface area contributed by atoms with E-state index in [0.717, 1.165) is 30.4 Å². The van der Waals surface area contributed by atoms with E-state index in [1.54, 1.807) is 13.1 Å². The molecule has 2 saturated carbocycles. The quantitative estimate of drug-likeness (QED) is 0.463. The molecule has 36 heavy (non-hydrogen) atoms. The summed E-state index contributed by atoms with van der Waals surface area (Å²) in [6, 6.07) is 7.71. The number of halogens is 1. The highest BCUT2D eigenvalue weighted by Gasteiger charge is 2.55. The van der Waals surface area contributed by atoms with E-state index < -0.39 is 11.9 Å². The number of fused-ring (bicyclic) bond motifs is 2. The monoisotopic (exact) mass is 491 g/mol. The molecule has 2 fully saturated rings. The van der Waals surface area contributed by atoms with Crippen molar-refractivity contribution in [3.63, 3.8) is 0 Å². The van der Waals surface area contributed by atoms with Crippen molar-refractivity contribution in [2.24, 2.45) is 33.7 Å². The molecule has 6 heteroatoms. The van der Waals surface area contributed by atoms with Crippen LogP contribution in [-0.4, -0.2) is 41.4 Å². The van der Waals surface area contributed by atoms with Crippen LogP contribution in [0.5, 0.6) is 0 Å². The predicted molar refractivity (Wildman–Crippen MR) is 145 cm³/mol. The van der Waals surface area contributed by atoms with Gasteiger partial charge in [0.25, 0.3) is 0 Å². The highest BCUT2D eigenvalue weighted by Crippen LogP contribution is 2.51. The van der Waals surface area contributed by atoms with Gasteiger partial charge >= 0.3 is 0 Å². The molecule has 1 heterocycles. The molecular formula is C30H38FN3O2. The summed E-state index contributed by atoms with van der Waals surface area (Å²) >= 11 is 0. The van der Waals surface area contributed by atoms with Crippen LogP contribution in [0.15, 0.2) is 64.5 Å². The number of aliphatic hydroxyl groups excluding tert-OH is 1. The number of carbonyl (C=O) groups is 1. The Morgan fingerprint density at radius 1 is 1.39 bits per heavy atom. The lowest BCUT2D eigenvalue weighted by Crippen LogP contribution is -2.46. The van der Waals surface area contributed by atoms with E-state index in [1.165, 1.54) is 6.20 Å². The van der Waals surface area contributed by atoms with Gasteiger partial charge in [-0.1, -0.05) is 43.9 Å². The number of Topliss-reactive ketones (excluding diaryl/α,β-unsaturated/α-hetero) is 1. The van der Waals surface area contributed by atoms with Gasteiger partial charge < -0.3 is 10.4 Å². The number of benzene rings is 1. The van der Waals surface area contributed by atoms with Crippen molar-refractivity contribution in [2.45, 2.75) is 64.6 Å². The number of carbonyl (C=O) groups excluding carboxylic acids is 1. The molecule has 4 rings (SSSR count). The van der Waals surface area contributed by atoms with E-state index in [4.69, 9.17) is 4.99 Å². The highest BCUT2D eigenvalue weighted by molar-refractivity contribution is 6.00. The Morgan fingerprint density at radius 2 is 2.19 bits per heavy atom. The van der Waals surface area contributed by atoms with Crippen LogP contribution in [0.1, 0.15) is 63.7 Å². The number of aliphatic hydroxyl groups is 1. The molecule has 192 valence electrons. The van der Waals surface area contributed by atoms with Gasteiger partial charge in [-0.2, -0.15) is 0 Å². The van der Waals surface area contributed by atoms with Crippen LogP contribution in [0.25, 0.3) is 6.08 Å². The molecule has 0 spiro atoms. The average Bonchev–Trinajstić information content (AvgIpc) is 3.42. The Kier molecular flexibility index (Phi) is 8.47. The summed E-state index contributed by atoms with van der Waals surface area (Å²) in [5.41, 5.74) is 2.87. The SMILES string of the molecule is C=C(C)C(=O)C1C2CC(NCC(O)c3cccc(C=CC)c3)C(C2)C1N=C1CCC(C)C=NC=C1F. The molecule has 0 aromatic heterocycles. The summed E-state index contributed by atoms with van der Waals surface area (Å²) in [6.07, 6.45) is 9.36. The zero-order chi connectivity index (χ0) is 25.8. The van der Waals surface area contributed by atoms with Crippen molar-refractivity contribution < 1.29 is 14.3 Å². The first-order valence-corrected chi connectivity index (χ1v) is 13.1. The summed E-state index contributed by atoms with van der Waals surface area (Å²) in [5, 5.41) is 14.4. The van der Waals surface area contributed by atoms with Crippen molar-refractivity contribution in [3.05, 3.63) is 65.6 Å². The molecule has 1 aromatic carbocycles. The van der Waals surface area contributed by atoms with E-state index in [1.807, 2.05) is 43.3 Å². The fraction of sp³-hybridized carbons (Fsp3) is 0.500. The zero-order valence-electron chi connectivity index (χ0n) is 21.5. The molecule has 0 saturated heterocycles. The molecule has 3 aliphatic rings. The molecular weight excluding hydrogens is 453 g/mol. The number of nitrogens with zero attached hydrogens (tertiary/aromatic N) is 2. The van der Waals surface area contributed by atoms with Gasteiger partial charge in [0.2, 0.25) is 0 Å². The van der Waals surface area contributed by atoms with Gasteiger partial charge in [-0.05, 0) is 80.1 Å². The first kappa shape index (κ1) is 26.4. The van der Waals surface area contributed by atoms with Gasteiger partial charge in [-0.15, -0.1) is 0 Å². The van der Waals surface area contributed by atoms with Gasteiger partial charge in [0.1, 0.15) is 0 Å². The fourth-order valence-electron chi connectivity index (χ4n) is 6.03. The third-order valence-corrected chi connectivity index (χ3v) is 7.86. The third-order valence-electron chi connectivity index (χ3n) is 7.86. The Hall–Kier alpha value is -2.70. The van der Waals surface area contributed by atoms with Crippen molar-refractivity contribution in [2.75, 3.05) is 6.54 Å². The smallest absolute Gasteiger partial charge is 0.163 e. The Labute approximate surface area is 214 Å². The second-order valence-corrected chi connectivity index (χ2v) is 10.6. The fourth-order valence-corrected chi connectivity index (χ4v) is 6.03. The lowest BCUT2D eigenvalue weighted by molar-refractivity contribution is -0.121. The molecule has 7 atom stereocenters. The maximum absolute atomic E-state index is 14.9. The number of hydrogen-bond donors (Lipinski definition) is 2. The molecule has 0 radical (unpaired) electrons. The summed E-state index contributed by atoms with van der Waals surface area (Å²) in [4.78, 5) is 22.1. The maximum Gasteiger partial charge on any atom is 0.163 e. The van der Waals surface area contributed by atoms with Gasteiger partial charge in [-0.3, -0.25) is 14.8 Å². The Morgan fingerprint density at radius 3 is 2.94 bits per heavy atom. The Bertz CT molecular complexity index is 1110. The minimum absolute atomic E-state index is 0.0396. The number of rotatable bonds is 8. The standard InChI is InChI=1S/C30H38FN3O2/c1-5-7-20-8-6-9-21(12-20)27(35)17-33-26-14-22-13-23(26)29(28(22)30(36)18(2)3)34-25-11-10-19(4)15-32-16-24(25)31/h5-9,12,15-16,19,22-23,26-29,33,35H,2,10-11,13-14,17H2,1,3-4H3. The van der Waals surface area contributed by atoms with Crippen LogP contribution in [0.3, 0.4) is 0 Å². The molecule has 1 aliphatic heterocycles. The molecule has 2 bridgehead atoms.